The number of para-hydroxylation sites is 1. The van der Waals surface area contributed by atoms with Crippen LogP contribution >= 0.6 is 11.6 Å². The van der Waals surface area contributed by atoms with Crippen LogP contribution in [0.4, 0.5) is 5.69 Å². The average molecular weight is 393 g/mol. The molecule has 6 heteroatoms. The fraction of sp³-hybridized carbons (Fsp3) is 0.0909. The molecule has 4 rings (SSSR count). The molecule has 3 aromatic carbocycles. The number of anilines is 1. The third kappa shape index (κ3) is 3.44. The minimum absolute atomic E-state index is 0.315. The number of benzene rings is 3. The Labute approximate surface area is 166 Å². The Morgan fingerprint density at radius 1 is 1.11 bits per heavy atom. The first-order valence-corrected chi connectivity index (χ1v) is 9.04. The van der Waals surface area contributed by atoms with Gasteiger partial charge in [0.05, 0.1) is 23.4 Å². The fourth-order valence-corrected chi connectivity index (χ4v) is 3.10. The molecular formula is C22H17ClN2O3. The Balaban J connectivity index is 1.67. The number of methoxy groups -OCH3 is 1. The van der Waals surface area contributed by atoms with E-state index in [0.29, 0.717) is 39.1 Å². The van der Waals surface area contributed by atoms with Gasteiger partial charge in [-0.05, 0) is 55.0 Å². The smallest absolute Gasteiger partial charge is 0.259 e. The maximum Gasteiger partial charge on any atom is 0.259 e. The van der Waals surface area contributed by atoms with Gasteiger partial charge in [0, 0.05) is 5.56 Å². The topological polar surface area (TPSA) is 64.4 Å². The second kappa shape index (κ2) is 7.37. The van der Waals surface area contributed by atoms with E-state index in [2.05, 4.69) is 10.3 Å². The van der Waals surface area contributed by atoms with E-state index in [0.717, 1.165) is 11.1 Å². The largest absolute Gasteiger partial charge is 0.496 e. The van der Waals surface area contributed by atoms with Gasteiger partial charge >= 0.3 is 0 Å². The van der Waals surface area contributed by atoms with E-state index < -0.39 is 0 Å². The van der Waals surface area contributed by atoms with Gasteiger partial charge < -0.3 is 14.5 Å². The summed E-state index contributed by atoms with van der Waals surface area (Å²) in [5, 5.41) is 3.25. The van der Waals surface area contributed by atoms with E-state index in [1.165, 1.54) is 7.11 Å². The molecule has 0 atom stereocenters. The number of aryl methyl sites for hydroxylation is 1. The Bertz CT molecular complexity index is 1180. The average Bonchev–Trinajstić information content (AvgIpc) is 3.12. The van der Waals surface area contributed by atoms with Crippen LogP contribution in [-0.2, 0) is 0 Å². The quantitative estimate of drug-likeness (QED) is 0.482. The van der Waals surface area contributed by atoms with Crippen LogP contribution in [-0.4, -0.2) is 18.0 Å². The van der Waals surface area contributed by atoms with E-state index in [-0.39, 0.29) is 5.91 Å². The molecule has 0 saturated carbocycles. The first kappa shape index (κ1) is 18.1. The van der Waals surface area contributed by atoms with Gasteiger partial charge in [0.2, 0.25) is 5.89 Å². The predicted molar refractivity (Wildman–Crippen MR) is 110 cm³/mol. The number of ether oxygens (including phenoxy) is 1. The number of hydrogen-bond donors (Lipinski definition) is 1. The Morgan fingerprint density at radius 3 is 2.75 bits per heavy atom. The molecule has 4 aromatic rings. The number of nitrogens with one attached hydrogen (secondary N) is 1. The molecular weight excluding hydrogens is 376 g/mol. The summed E-state index contributed by atoms with van der Waals surface area (Å²) in [6.07, 6.45) is 0. The number of aromatic nitrogens is 1. The first-order chi connectivity index (χ1) is 13.5. The van der Waals surface area contributed by atoms with Gasteiger partial charge in [0.1, 0.15) is 11.3 Å². The third-order valence-corrected chi connectivity index (χ3v) is 4.69. The normalized spacial score (nSPS) is 10.8. The number of rotatable bonds is 4. The molecule has 5 nitrogen and oxygen atoms in total. The number of carbonyl (C=O) groups excluding carboxylic acids is 1. The Kier molecular flexibility index (Phi) is 4.75. The van der Waals surface area contributed by atoms with Crippen molar-refractivity contribution in [3.8, 4) is 17.2 Å². The highest BCUT2D eigenvalue weighted by molar-refractivity contribution is 6.34. The Hall–Kier alpha value is -3.31. The molecule has 1 N–H and O–H groups in total. The molecule has 0 spiro atoms. The van der Waals surface area contributed by atoms with E-state index in [1.807, 2.05) is 25.1 Å². The fourth-order valence-electron chi connectivity index (χ4n) is 2.94. The molecule has 140 valence electrons. The highest BCUT2D eigenvalue weighted by Crippen LogP contribution is 2.31. The zero-order valence-electron chi connectivity index (χ0n) is 15.3. The molecule has 0 aliphatic heterocycles. The van der Waals surface area contributed by atoms with Crippen LogP contribution in [0, 0.1) is 6.92 Å². The van der Waals surface area contributed by atoms with Crippen LogP contribution in [0.25, 0.3) is 22.6 Å². The van der Waals surface area contributed by atoms with Gasteiger partial charge in [-0.15, -0.1) is 0 Å². The lowest BCUT2D eigenvalue weighted by Gasteiger charge is -2.11. The van der Waals surface area contributed by atoms with Crippen molar-refractivity contribution in [3.63, 3.8) is 0 Å². The summed E-state index contributed by atoms with van der Waals surface area (Å²) in [6.45, 7) is 2.00. The summed E-state index contributed by atoms with van der Waals surface area (Å²) in [6, 6.07) is 18.1. The maximum absolute atomic E-state index is 12.7. The van der Waals surface area contributed by atoms with Crippen LogP contribution in [0.2, 0.25) is 5.02 Å². The molecule has 1 heterocycles. The minimum atomic E-state index is -0.315. The third-order valence-electron chi connectivity index (χ3n) is 4.36. The van der Waals surface area contributed by atoms with Crippen molar-refractivity contribution >= 4 is 34.3 Å². The van der Waals surface area contributed by atoms with Crippen molar-refractivity contribution in [2.24, 2.45) is 0 Å². The van der Waals surface area contributed by atoms with Gasteiger partial charge in [0.15, 0.2) is 5.58 Å². The van der Waals surface area contributed by atoms with Crippen molar-refractivity contribution in [3.05, 3.63) is 76.8 Å². The standard InChI is InChI=1S/C22H17ClN2O3/c1-13-7-10-20-18(11-13)25-22(28-20)14-8-9-16(23)17(12-14)24-21(26)15-5-3-4-6-19(15)27-2/h3-12H,1-2H3,(H,24,26). The van der Waals surface area contributed by atoms with E-state index in [9.17, 15) is 4.79 Å². The SMILES string of the molecule is COc1ccccc1C(=O)Nc1cc(-c2nc3cc(C)ccc3o2)ccc1Cl. The predicted octanol–water partition coefficient (Wildman–Crippen LogP) is 5.72. The number of fused-ring (bicyclic) bond motifs is 1. The number of amides is 1. The zero-order valence-corrected chi connectivity index (χ0v) is 16.1. The number of oxazole rings is 1. The van der Waals surface area contributed by atoms with E-state index >= 15 is 0 Å². The molecule has 0 radical (unpaired) electrons. The van der Waals surface area contributed by atoms with Crippen LogP contribution in [0.1, 0.15) is 15.9 Å². The van der Waals surface area contributed by atoms with Gasteiger partial charge in [0.25, 0.3) is 5.91 Å². The molecule has 1 amide bonds. The summed E-state index contributed by atoms with van der Waals surface area (Å²) in [5.74, 6) is 0.636. The molecule has 0 bridgehead atoms. The van der Waals surface area contributed by atoms with Crippen molar-refractivity contribution < 1.29 is 13.9 Å². The molecule has 0 saturated heterocycles. The Morgan fingerprint density at radius 2 is 1.93 bits per heavy atom. The van der Waals surface area contributed by atoms with Crippen molar-refractivity contribution in [1.82, 2.24) is 4.98 Å². The second-order valence-corrected chi connectivity index (χ2v) is 6.75. The first-order valence-electron chi connectivity index (χ1n) is 8.66. The monoisotopic (exact) mass is 392 g/mol. The van der Waals surface area contributed by atoms with Gasteiger partial charge in [-0.1, -0.05) is 29.8 Å². The lowest BCUT2D eigenvalue weighted by Crippen LogP contribution is -2.13. The molecule has 1 aromatic heterocycles. The van der Waals surface area contributed by atoms with Crippen LogP contribution in [0.3, 0.4) is 0 Å². The molecule has 0 aliphatic rings. The zero-order chi connectivity index (χ0) is 19.7. The summed E-state index contributed by atoms with van der Waals surface area (Å²) in [4.78, 5) is 17.2. The second-order valence-electron chi connectivity index (χ2n) is 6.34. The lowest BCUT2D eigenvalue weighted by atomic mass is 10.1. The van der Waals surface area contributed by atoms with Gasteiger partial charge in [-0.25, -0.2) is 4.98 Å². The summed E-state index contributed by atoms with van der Waals surface area (Å²) >= 11 is 6.29. The molecule has 0 aliphatic carbocycles. The van der Waals surface area contributed by atoms with Crippen LogP contribution in [0.5, 0.6) is 5.75 Å². The van der Waals surface area contributed by atoms with Gasteiger partial charge in [-0.2, -0.15) is 0 Å². The minimum Gasteiger partial charge on any atom is -0.496 e. The summed E-state index contributed by atoms with van der Waals surface area (Å²) in [5.41, 5.74) is 4.19. The van der Waals surface area contributed by atoms with Gasteiger partial charge in [-0.3, -0.25) is 4.79 Å². The highest BCUT2D eigenvalue weighted by atomic mass is 35.5. The number of carbonyl (C=O) groups is 1. The van der Waals surface area contributed by atoms with E-state index in [1.54, 1.807) is 42.5 Å². The van der Waals surface area contributed by atoms with Crippen LogP contribution < -0.4 is 10.1 Å². The van der Waals surface area contributed by atoms with Crippen molar-refractivity contribution in [1.29, 1.82) is 0 Å². The van der Waals surface area contributed by atoms with Crippen LogP contribution in [0.15, 0.2) is 65.1 Å². The summed E-state index contributed by atoms with van der Waals surface area (Å²) in [7, 11) is 1.52. The number of nitrogens with zero attached hydrogens (tertiary/aromatic N) is 1. The number of hydrogen-bond acceptors (Lipinski definition) is 4. The molecule has 0 fully saturated rings. The number of halogens is 1. The van der Waals surface area contributed by atoms with E-state index in [4.69, 9.17) is 20.8 Å². The molecule has 0 unspecified atom stereocenters. The maximum atomic E-state index is 12.7. The van der Waals surface area contributed by atoms with Crippen molar-refractivity contribution in [2.75, 3.05) is 12.4 Å². The molecule has 28 heavy (non-hydrogen) atoms. The van der Waals surface area contributed by atoms with Crippen molar-refractivity contribution in [2.45, 2.75) is 6.92 Å². The lowest BCUT2D eigenvalue weighted by molar-refractivity contribution is 0.102. The highest BCUT2D eigenvalue weighted by Gasteiger charge is 2.15. The summed E-state index contributed by atoms with van der Waals surface area (Å²) < 4.78 is 11.1.